The van der Waals surface area contributed by atoms with Crippen molar-refractivity contribution in [1.82, 2.24) is 4.90 Å². The van der Waals surface area contributed by atoms with Gasteiger partial charge in [0.15, 0.2) is 0 Å². The van der Waals surface area contributed by atoms with Gasteiger partial charge in [-0.25, -0.2) is 0 Å². The average Bonchev–Trinajstić information content (AvgIpc) is 2.92. The van der Waals surface area contributed by atoms with Crippen LogP contribution in [0.25, 0.3) is 0 Å². The maximum absolute atomic E-state index is 12.4. The van der Waals surface area contributed by atoms with Crippen LogP contribution in [0.15, 0.2) is 43.0 Å². The van der Waals surface area contributed by atoms with Gasteiger partial charge in [0.05, 0.1) is 6.61 Å². The predicted molar refractivity (Wildman–Crippen MR) is 84.9 cm³/mol. The zero-order chi connectivity index (χ0) is 15.2. The molecule has 21 heavy (non-hydrogen) atoms. The predicted octanol–water partition coefficient (Wildman–Crippen LogP) is 3.58. The third-order valence-corrected chi connectivity index (χ3v) is 4.34. The van der Waals surface area contributed by atoms with Crippen molar-refractivity contribution in [3.8, 4) is 0 Å². The van der Waals surface area contributed by atoms with E-state index in [0.717, 1.165) is 19.4 Å². The van der Waals surface area contributed by atoms with E-state index in [1.165, 1.54) is 5.56 Å². The van der Waals surface area contributed by atoms with Crippen molar-refractivity contribution in [3.05, 3.63) is 48.6 Å². The van der Waals surface area contributed by atoms with Crippen molar-refractivity contribution in [1.29, 1.82) is 0 Å². The van der Waals surface area contributed by atoms with Gasteiger partial charge >= 0.3 is 5.97 Å². The van der Waals surface area contributed by atoms with Crippen molar-refractivity contribution >= 4 is 5.97 Å². The van der Waals surface area contributed by atoms with Crippen LogP contribution >= 0.6 is 0 Å². The van der Waals surface area contributed by atoms with Gasteiger partial charge in [-0.15, -0.1) is 6.58 Å². The molecule has 0 bridgehead atoms. The largest absolute Gasteiger partial charge is 0.465 e. The number of carbonyl (C=O) groups excluding carboxylic acids is 1. The van der Waals surface area contributed by atoms with Crippen molar-refractivity contribution in [3.63, 3.8) is 0 Å². The summed E-state index contributed by atoms with van der Waals surface area (Å²) in [6, 6.07) is 10.4. The van der Waals surface area contributed by atoms with Crippen LogP contribution in [0.3, 0.4) is 0 Å². The summed E-state index contributed by atoms with van der Waals surface area (Å²) >= 11 is 0. The van der Waals surface area contributed by atoms with Crippen molar-refractivity contribution in [2.75, 3.05) is 13.2 Å². The molecule has 1 aromatic rings. The number of rotatable bonds is 6. The van der Waals surface area contributed by atoms with Crippen LogP contribution in [0.2, 0.25) is 0 Å². The number of esters is 1. The Morgan fingerprint density at radius 3 is 2.81 bits per heavy atom. The van der Waals surface area contributed by atoms with E-state index in [9.17, 15) is 4.79 Å². The topological polar surface area (TPSA) is 29.5 Å². The highest BCUT2D eigenvalue weighted by Crippen LogP contribution is 2.35. The monoisotopic (exact) mass is 287 g/mol. The summed E-state index contributed by atoms with van der Waals surface area (Å²) in [6.45, 7) is 9.21. The van der Waals surface area contributed by atoms with Crippen LogP contribution in [-0.4, -0.2) is 30.1 Å². The third-order valence-electron chi connectivity index (χ3n) is 4.34. The van der Waals surface area contributed by atoms with E-state index in [0.29, 0.717) is 12.5 Å². The summed E-state index contributed by atoms with van der Waals surface area (Å²) < 4.78 is 5.30. The fourth-order valence-corrected chi connectivity index (χ4v) is 3.26. The lowest BCUT2D eigenvalue weighted by molar-refractivity contribution is -0.150. The SMILES string of the molecule is C=CC[C@@H]1CCN([C@@H](C)c2ccccc2)[C@@H]1C(=O)OCC. The van der Waals surface area contributed by atoms with Crippen LogP contribution < -0.4 is 0 Å². The first kappa shape index (κ1) is 15.8. The summed E-state index contributed by atoms with van der Waals surface area (Å²) in [7, 11) is 0. The van der Waals surface area contributed by atoms with Crippen LogP contribution in [0.1, 0.15) is 38.3 Å². The van der Waals surface area contributed by atoms with Gasteiger partial charge in [0, 0.05) is 6.04 Å². The van der Waals surface area contributed by atoms with Gasteiger partial charge in [-0.1, -0.05) is 36.4 Å². The Kier molecular flexibility index (Phi) is 5.57. The van der Waals surface area contributed by atoms with E-state index in [1.54, 1.807) is 0 Å². The first-order valence-corrected chi connectivity index (χ1v) is 7.77. The van der Waals surface area contributed by atoms with Crippen LogP contribution in [0.4, 0.5) is 0 Å². The van der Waals surface area contributed by atoms with E-state index in [4.69, 9.17) is 4.74 Å². The molecule has 1 fully saturated rings. The van der Waals surface area contributed by atoms with Crippen LogP contribution in [0.5, 0.6) is 0 Å². The van der Waals surface area contributed by atoms with E-state index in [-0.39, 0.29) is 18.1 Å². The summed E-state index contributed by atoms with van der Waals surface area (Å²) in [5.41, 5.74) is 1.24. The lowest BCUT2D eigenvalue weighted by Crippen LogP contribution is -2.42. The zero-order valence-corrected chi connectivity index (χ0v) is 13.0. The van der Waals surface area contributed by atoms with Gasteiger partial charge in [-0.2, -0.15) is 0 Å². The molecule has 114 valence electrons. The smallest absolute Gasteiger partial charge is 0.323 e. The summed E-state index contributed by atoms with van der Waals surface area (Å²) in [4.78, 5) is 14.7. The minimum atomic E-state index is -0.154. The average molecular weight is 287 g/mol. The van der Waals surface area contributed by atoms with Gasteiger partial charge < -0.3 is 4.74 Å². The number of nitrogens with zero attached hydrogens (tertiary/aromatic N) is 1. The Hall–Kier alpha value is -1.61. The lowest BCUT2D eigenvalue weighted by atomic mass is 9.95. The molecule has 0 spiro atoms. The molecule has 1 aliphatic rings. The molecule has 0 radical (unpaired) electrons. The van der Waals surface area contributed by atoms with E-state index >= 15 is 0 Å². The van der Waals surface area contributed by atoms with Crippen LogP contribution in [0, 0.1) is 5.92 Å². The molecule has 1 saturated heterocycles. The minimum absolute atomic E-state index is 0.0929. The second kappa shape index (κ2) is 7.41. The number of allylic oxidation sites excluding steroid dienone is 1. The Labute approximate surface area is 127 Å². The first-order chi connectivity index (χ1) is 10.2. The van der Waals surface area contributed by atoms with E-state index < -0.39 is 0 Å². The molecule has 3 atom stereocenters. The quantitative estimate of drug-likeness (QED) is 0.591. The first-order valence-electron chi connectivity index (χ1n) is 7.77. The van der Waals surface area contributed by atoms with Gasteiger partial charge in [-0.3, -0.25) is 9.69 Å². The van der Waals surface area contributed by atoms with Crippen molar-refractivity contribution < 1.29 is 9.53 Å². The minimum Gasteiger partial charge on any atom is -0.465 e. The molecule has 1 aliphatic heterocycles. The van der Waals surface area contributed by atoms with Crippen molar-refractivity contribution in [2.24, 2.45) is 5.92 Å². The molecule has 2 rings (SSSR count). The fraction of sp³-hybridized carbons (Fsp3) is 0.500. The summed E-state index contributed by atoms with van der Waals surface area (Å²) in [6.07, 6.45) is 3.79. The second-order valence-corrected chi connectivity index (χ2v) is 5.59. The molecular weight excluding hydrogens is 262 g/mol. The van der Waals surface area contributed by atoms with Crippen LogP contribution in [-0.2, 0) is 9.53 Å². The highest BCUT2D eigenvalue weighted by atomic mass is 16.5. The molecule has 3 heteroatoms. The molecule has 0 saturated carbocycles. The Morgan fingerprint density at radius 1 is 1.48 bits per heavy atom. The number of ether oxygens (including phenoxy) is 1. The molecule has 3 nitrogen and oxygen atoms in total. The number of benzene rings is 1. The second-order valence-electron chi connectivity index (χ2n) is 5.59. The van der Waals surface area contributed by atoms with Gasteiger partial charge in [-0.05, 0) is 44.7 Å². The Morgan fingerprint density at radius 2 is 2.19 bits per heavy atom. The van der Waals surface area contributed by atoms with E-state index in [2.05, 4.69) is 30.5 Å². The number of likely N-dealkylation sites (tertiary alicyclic amines) is 1. The van der Waals surface area contributed by atoms with Gasteiger partial charge in [0.1, 0.15) is 6.04 Å². The summed E-state index contributed by atoms with van der Waals surface area (Å²) in [5.74, 6) is 0.220. The highest BCUT2D eigenvalue weighted by Gasteiger charge is 2.41. The normalized spacial score (nSPS) is 23.7. The van der Waals surface area contributed by atoms with E-state index in [1.807, 2.05) is 31.2 Å². The van der Waals surface area contributed by atoms with Gasteiger partial charge in [0.2, 0.25) is 0 Å². The molecular formula is C18H25NO2. The third kappa shape index (κ3) is 3.53. The van der Waals surface area contributed by atoms with Gasteiger partial charge in [0.25, 0.3) is 0 Å². The molecule has 0 aliphatic carbocycles. The number of carbonyl (C=O) groups is 1. The Balaban J connectivity index is 2.20. The summed E-state index contributed by atoms with van der Waals surface area (Å²) in [5, 5.41) is 0. The highest BCUT2D eigenvalue weighted by molar-refractivity contribution is 5.76. The maximum atomic E-state index is 12.4. The molecule has 0 unspecified atom stereocenters. The molecule has 0 amide bonds. The molecule has 0 aromatic heterocycles. The Bertz CT molecular complexity index is 471. The number of hydrogen-bond acceptors (Lipinski definition) is 3. The standard InChI is InChI=1S/C18H25NO2/c1-4-9-16-12-13-19(17(16)18(20)21-5-2)14(3)15-10-7-6-8-11-15/h4,6-8,10-11,14,16-17H,1,5,9,12-13H2,2-3H3/t14-,16+,17-/m0/s1. The lowest BCUT2D eigenvalue weighted by Gasteiger charge is -2.31. The molecule has 0 N–H and O–H groups in total. The fourth-order valence-electron chi connectivity index (χ4n) is 3.26. The zero-order valence-electron chi connectivity index (χ0n) is 13.0. The molecule has 1 aromatic carbocycles. The molecule has 1 heterocycles. The number of hydrogen-bond donors (Lipinski definition) is 0. The van der Waals surface area contributed by atoms with Crippen molar-refractivity contribution in [2.45, 2.75) is 38.8 Å². The maximum Gasteiger partial charge on any atom is 0.323 e.